The Kier molecular flexibility index (Phi) is 6.85. The fourth-order valence-electron chi connectivity index (χ4n) is 1.38. The zero-order valence-corrected chi connectivity index (χ0v) is 13.7. The molecule has 0 aliphatic heterocycles. The molecule has 0 saturated carbocycles. The Morgan fingerprint density at radius 3 is 2.68 bits per heavy atom. The zero-order chi connectivity index (χ0) is 14.3. The third kappa shape index (κ3) is 5.19. The summed E-state index contributed by atoms with van der Waals surface area (Å²) in [6.45, 7) is 5.03. The van der Waals surface area contributed by atoms with Crippen LogP contribution in [0.15, 0.2) is 17.2 Å². The molecule has 0 bridgehead atoms. The first-order valence-corrected chi connectivity index (χ1v) is 7.24. The number of hydrazone groups is 1. The summed E-state index contributed by atoms with van der Waals surface area (Å²) in [5.41, 5.74) is 8.67. The van der Waals surface area contributed by atoms with Crippen LogP contribution in [0.4, 0.5) is 0 Å². The van der Waals surface area contributed by atoms with Gasteiger partial charge >= 0.3 is 0 Å². The topological polar surface area (TPSA) is 68.9 Å². The van der Waals surface area contributed by atoms with E-state index >= 15 is 0 Å². The second-order valence-corrected chi connectivity index (χ2v) is 5.03. The van der Waals surface area contributed by atoms with Gasteiger partial charge in [0, 0.05) is 0 Å². The lowest BCUT2D eigenvalue weighted by Crippen LogP contribution is -2.24. The van der Waals surface area contributed by atoms with Crippen LogP contribution in [0.5, 0.6) is 11.5 Å². The lowest BCUT2D eigenvalue weighted by Gasteiger charge is -2.13. The number of nitrogens with zero attached hydrogens (tertiary/aromatic N) is 1. The maximum atomic E-state index is 5.58. The molecular formula is C12H16IN3O2S. The van der Waals surface area contributed by atoms with E-state index < -0.39 is 0 Å². The summed E-state index contributed by atoms with van der Waals surface area (Å²) >= 11 is 6.87. The van der Waals surface area contributed by atoms with Crippen molar-refractivity contribution in [3.63, 3.8) is 0 Å². The lowest BCUT2D eigenvalue weighted by atomic mass is 10.2. The molecule has 3 N–H and O–H groups in total. The van der Waals surface area contributed by atoms with Crippen molar-refractivity contribution in [2.75, 3.05) is 13.2 Å². The Morgan fingerprint density at radius 1 is 1.42 bits per heavy atom. The minimum Gasteiger partial charge on any atom is -0.490 e. The second-order valence-electron chi connectivity index (χ2n) is 3.43. The van der Waals surface area contributed by atoms with Gasteiger partial charge < -0.3 is 15.2 Å². The molecule has 1 aromatic rings. The van der Waals surface area contributed by atoms with Crippen molar-refractivity contribution >= 4 is 46.1 Å². The van der Waals surface area contributed by atoms with Gasteiger partial charge in [-0.05, 0) is 66.4 Å². The minimum absolute atomic E-state index is 0.127. The summed E-state index contributed by atoms with van der Waals surface area (Å²) in [4.78, 5) is 0. The fraction of sp³-hybridized carbons (Fsp3) is 0.333. The van der Waals surface area contributed by atoms with E-state index in [0.717, 1.165) is 14.9 Å². The zero-order valence-electron chi connectivity index (χ0n) is 10.8. The van der Waals surface area contributed by atoms with Gasteiger partial charge in [-0.1, -0.05) is 0 Å². The molecule has 0 amide bonds. The van der Waals surface area contributed by atoms with Gasteiger partial charge in [0.05, 0.1) is 23.0 Å². The highest BCUT2D eigenvalue weighted by Crippen LogP contribution is 2.33. The van der Waals surface area contributed by atoms with E-state index in [4.69, 9.17) is 15.2 Å². The molecule has 104 valence electrons. The van der Waals surface area contributed by atoms with Gasteiger partial charge in [-0.3, -0.25) is 5.43 Å². The van der Waals surface area contributed by atoms with Gasteiger partial charge in [0.1, 0.15) is 0 Å². The van der Waals surface area contributed by atoms with Crippen LogP contribution in [0.2, 0.25) is 0 Å². The highest BCUT2D eigenvalue weighted by atomic mass is 127. The molecule has 1 rings (SSSR count). The number of rotatable bonds is 6. The van der Waals surface area contributed by atoms with Gasteiger partial charge in [0.25, 0.3) is 0 Å². The summed E-state index contributed by atoms with van der Waals surface area (Å²) in [6, 6.07) is 3.81. The maximum Gasteiger partial charge on any atom is 0.184 e. The number of halogens is 1. The summed E-state index contributed by atoms with van der Waals surface area (Å²) in [6.07, 6.45) is 1.62. The molecule has 0 unspecified atom stereocenters. The number of nitrogens with two attached hydrogens (primary N) is 1. The molecule has 0 saturated heterocycles. The van der Waals surface area contributed by atoms with E-state index in [9.17, 15) is 0 Å². The molecule has 0 fully saturated rings. The summed E-state index contributed by atoms with van der Waals surface area (Å²) < 4.78 is 12.1. The predicted octanol–water partition coefficient (Wildman–Crippen LogP) is 2.26. The molecule has 19 heavy (non-hydrogen) atoms. The van der Waals surface area contributed by atoms with Gasteiger partial charge in [0.15, 0.2) is 16.6 Å². The molecule has 1 aromatic carbocycles. The Bertz CT molecular complexity index is 480. The molecule has 0 aliphatic carbocycles. The number of hydrogen-bond donors (Lipinski definition) is 2. The summed E-state index contributed by atoms with van der Waals surface area (Å²) in [7, 11) is 0. The van der Waals surface area contributed by atoms with Crippen molar-refractivity contribution in [1.29, 1.82) is 0 Å². The van der Waals surface area contributed by atoms with E-state index in [1.807, 2.05) is 26.0 Å². The third-order valence-electron chi connectivity index (χ3n) is 2.01. The number of benzene rings is 1. The number of nitrogens with one attached hydrogen (secondary N) is 1. The first kappa shape index (κ1) is 16.0. The van der Waals surface area contributed by atoms with Crippen LogP contribution in [-0.4, -0.2) is 24.5 Å². The third-order valence-corrected chi connectivity index (χ3v) is 2.90. The smallest absolute Gasteiger partial charge is 0.184 e. The highest BCUT2D eigenvalue weighted by Gasteiger charge is 2.10. The Hall–Kier alpha value is -1.09. The molecule has 0 radical (unpaired) electrons. The molecule has 0 aliphatic rings. The maximum absolute atomic E-state index is 5.58. The van der Waals surface area contributed by atoms with E-state index in [-0.39, 0.29) is 5.11 Å². The van der Waals surface area contributed by atoms with Crippen LogP contribution in [0.25, 0.3) is 0 Å². The molecule has 7 heteroatoms. The van der Waals surface area contributed by atoms with E-state index in [1.54, 1.807) is 6.21 Å². The Balaban J connectivity index is 3.01. The van der Waals surface area contributed by atoms with Gasteiger partial charge in [0.2, 0.25) is 0 Å². The van der Waals surface area contributed by atoms with Gasteiger partial charge in [-0.2, -0.15) is 5.10 Å². The molecular weight excluding hydrogens is 377 g/mol. The first-order chi connectivity index (χ1) is 9.08. The van der Waals surface area contributed by atoms with E-state index in [2.05, 4.69) is 45.3 Å². The normalized spacial score (nSPS) is 10.5. The van der Waals surface area contributed by atoms with Crippen molar-refractivity contribution < 1.29 is 9.47 Å². The molecule has 0 spiro atoms. The van der Waals surface area contributed by atoms with Crippen LogP contribution in [0, 0.1) is 3.57 Å². The number of ether oxygens (including phenoxy) is 2. The molecule has 0 heterocycles. The molecule has 0 aromatic heterocycles. The van der Waals surface area contributed by atoms with E-state index in [0.29, 0.717) is 19.0 Å². The molecule has 0 atom stereocenters. The fourth-order valence-corrected chi connectivity index (χ4v) is 2.21. The van der Waals surface area contributed by atoms with Crippen LogP contribution >= 0.6 is 34.8 Å². The minimum atomic E-state index is 0.127. The van der Waals surface area contributed by atoms with Crippen LogP contribution in [-0.2, 0) is 0 Å². The van der Waals surface area contributed by atoms with E-state index in [1.165, 1.54) is 0 Å². The number of hydrogen-bond acceptors (Lipinski definition) is 4. The van der Waals surface area contributed by atoms with Gasteiger partial charge in [-0.25, -0.2) is 0 Å². The predicted molar refractivity (Wildman–Crippen MR) is 89.0 cm³/mol. The Morgan fingerprint density at radius 2 is 2.11 bits per heavy atom. The van der Waals surface area contributed by atoms with Crippen molar-refractivity contribution in [3.8, 4) is 11.5 Å². The van der Waals surface area contributed by atoms with Gasteiger partial charge in [-0.15, -0.1) is 0 Å². The van der Waals surface area contributed by atoms with Crippen LogP contribution < -0.4 is 20.6 Å². The van der Waals surface area contributed by atoms with Crippen LogP contribution in [0.3, 0.4) is 0 Å². The van der Waals surface area contributed by atoms with Crippen molar-refractivity contribution in [1.82, 2.24) is 5.43 Å². The highest BCUT2D eigenvalue weighted by molar-refractivity contribution is 14.1. The SMILES string of the molecule is CCOc1cc(C=NNC(N)=S)cc(I)c1OCC. The summed E-state index contributed by atoms with van der Waals surface area (Å²) in [5.74, 6) is 1.46. The second kappa shape index (κ2) is 8.16. The largest absolute Gasteiger partial charge is 0.490 e. The average molecular weight is 393 g/mol. The van der Waals surface area contributed by atoms with Crippen molar-refractivity contribution in [3.05, 3.63) is 21.3 Å². The first-order valence-electron chi connectivity index (χ1n) is 5.76. The average Bonchev–Trinajstić information content (AvgIpc) is 2.33. The number of thiocarbonyl (C=S) groups is 1. The molecule has 5 nitrogen and oxygen atoms in total. The van der Waals surface area contributed by atoms with Crippen molar-refractivity contribution in [2.24, 2.45) is 10.8 Å². The summed E-state index contributed by atoms with van der Waals surface area (Å²) in [5, 5.41) is 4.04. The monoisotopic (exact) mass is 393 g/mol. The lowest BCUT2D eigenvalue weighted by molar-refractivity contribution is 0.286. The van der Waals surface area contributed by atoms with Crippen molar-refractivity contribution in [2.45, 2.75) is 13.8 Å². The standard InChI is InChI=1S/C12H16IN3O2S/c1-3-17-10-6-8(7-15-16-12(14)19)5-9(13)11(10)18-4-2/h5-7H,3-4H2,1-2H3,(H3,14,16,19). The van der Waals surface area contributed by atoms with Crippen LogP contribution in [0.1, 0.15) is 19.4 Å². The Labute approximate surface area is 131 Å². The quantitative estimate of drug-likeness (QED) is 0.336.